The summed E-state index contributed by atoms with van der Waals surface area (Å²) in [5.74, 6) is -0.520. The molecule has 1 aliphatic carbocycles. The van der Waals surface area contributed by atoms with Crippen LogP contribution in [0.1, 0.15) is 24.6 Å². The van der Waals surface area contributed by atoms with Crippen molar-refractivity contribution in [2.45, 2.75) is 43.3 Å². The van der Waals surface area contributed by atoms with Gasteiger partial charge < -0.3 is 31.0 Å². The first-order chi connectivity index (χ1) is 16.2. The van der Waals surface area contributed by atoms with Crippen LogP contribution in [0, 0.1) is 11.7 Å². The van der Waals surface area contributed by atoms with Gasteiger partial charge in [-0.1, -0.05) is 12.1 Å². The number of nitrogens with zero attached hydrogens (tertiary/aromatic N) is 4. The summed E-state index contributed by atoms with van der Waals surface area (Å²) < 4.78 is 21.6. The lowest BCUT2D eigenvalue weighted by atomic mass is 9.90. The van der Waals surface area contributed by atoms with Gasteiger partial charge in [-0.2, -0.15) is 4.98 Å². The third-order valence-corrected chi connectivity index (χ3v) is 7.28. The van der Waals surface area contributed by atoms with Crippen LogP contribution in [0.5, 0.6) is 0 Å². The summed E-state index contributed by atoms with van der Waals surface area (Å²) >= 11 is 5.99. The predicted molar refractivity (Wildman–Crippen MR) is 124 cm³/mol. The number of benzene rings is 1. The second kappa shape index (κ2) is 7.47. The van der Waals surface area contributed by atoms with E-state index in [2.05, 4.69) is 15.0 Å². The highest BCUT2D eigenvalue weighted by Gasteiger charge is 2.61. The smallest absolute Gasteiger partial charge is 0.226 e. The number of aromatic nitrogens is 4. The van der Waals surface area contributed by atoms with Gasteiger partial charge in [-0.3, -0.25) is 0 Å². The molecule has 1 aliphatic heterocycles. The molecule has 0 bridgehead atoms. The van der Waals surface area contributed by atoms with Gasteiger partial charge in [0.2, 0.25) is 5.28 Å². The molecule has 0 unspecified atom stereocenters. The Labute approximate surface area is 198 Å². The van der Waals surface area contributed by atoms with Crippen molar-refractivity contribution in [1.29, 1.82) is 0 Å². The Balaban J connectivity index is 1.30. The van der Waals surface area contributed by atoms with Crippen molar-refractivity contribution in [1.82, 2.24) is 19.5 Å². The highest BCUT2D eigenvalue weighted by molar-refractivity contribution is 6.28. The van der Waals surface area contributed by atoms with Crippen molar-refractivity contribution in [2.75, 3.05) is 11.5 Å². The van der Waals surface area contributed by atoms with Crippen LogP contribution in [-0.4, -0.2) is 47.5 Å². The van der Waals surface area contributed by atoms with Crippen LogP contribution < -0.4 is 11.5 Å². The fourth-order valence-corrected chi connectivity index (χ4v) is 5.60. The average Bonchev–Trinajstić information content (AvgIpc) is 3.42. The summed E-state index contributed by atoms with van der Waals surface area (Å²) in [6, 6.07) is 8.66. The molecule has 9 nitrogen and oxygen atoms in total. The Hall–Kier alpha value is -3.05. The molecule has 5 atom stereocenters. The van der Waals surface area contributed by atoms with E-state index in [0.29, 0.717) is 41.2 Å². The molecule has 6 rings (SSSR count). The first kappa shape index (κ1) is 21.5. The van der Waals surface area contributed by atoms with Gasteiger partial charge in [0.25, 0.3) is 0 Å². The van der Waals surface area contributed by atoms with Crippen molar-refractivity contribution >= 4 is 45.2 Å². The van der Waals surface area contributed by atoms with Crippen molar-refractivity contribution in [3.63, 3.8) is 0 Å². The number of hydrogen-bond acceptors (Lipinski definition) is 8. The maximum absolute atomic E-state index is 13.7. The van der Waals surface area contributed by atoms with Crippen molar-refractivity contribution in [2.24, 2.45) is 5.92 Å². The number of aliphatic hydroxyl groups excluding tert-OH is 1. The van der Waals surface area contributed by atoms with E-state index in [9.17, 15) is 14.6 Å². The van der Waals surface area contributed by atoms with Crippen LogP contribution in [0.25, 0.3) is 21.9 Å². The molecule has 11 heteroatoms. The summed E-state index contributed by atoms with van der Waals surface area (Å²) in [5, 5.41) is 23.7. The summed E-state index contributed by atoms with van der Waals surface area (Å²) in [6.07, 6.45) is 0.723. The minimum absolute atomic E-state index is 0.0142. The van der Waals surface area contributed by atoms with Gasteiger partial charge in [0.05, 0.1) is 17.0 Å². The maximum atomic E-state index is 13.7. The zero-order valence-electron chi connectivity index (χ0n) is 17.9. The predicted octanol–water partition coefficient (Wildman–Crippen LogP) is 2.58. The maximum Gasteiger partial charge on any atom is 0.226 e. The topological polar surface area (TPSA) is 145 Å². The van der Waals surface area contributed by atoms with Crippen LogP contribution in [0.3, 0.4) is 0 Å². The molecule has 2 fully saturated rings. The number of ether oxygens (including phenoxy) is 1. The van der Waals surface area contributed by atoms with Gasteiger partial charge in [-0.15, -0.1) is 0 Å². The molecule has 2 aliphatic rings. The molecule has 1 saturated heterocycles. The minimum Gasteiger partial charge on any atom is -0.385 e. The lowest BCUT2D eigenvalue weighted by Crippen LogP contribution is -2.45. The first-order valence-electron chi connectivity index (χ1n) is 10.9. The summed E-state index contributed by atoms with van der Waals surface area (Å²) in [7, 11) is 0. The largest absolute Gasteiger partial charge is 0.385 e. The first-order valence-corrected chi connectivity index (χ1v) is 11.3. The highest BCUT2D eigenvalue weighted by atomic mass is 35.5. The molecule has 34 heavy (non-hydrogen) atoms. The summed E-state index contributed by atoms with van der Waals surface area (Å²) in [6.45, 7) is 0. The molecule has 1 aromatic carbocycles. The molecule has 4 aromatic rings. The Morgan fingerprint density at radius 3 is 2.82 bits per heavy atom. The van der Waals surface area contributed by atoms with Crippen molar-refractivity contribution in [3.05, 3.63) is 53.2 Å². The van der Waals surface area contributed by atoms with E-state index in [-0.39, 0.29) is 22.8 Å². The van der Waals surface area contributed by atoms with E-state index in [4.69, 9.17) is 27.8 Å². The monoisotopic (exact) mass is 484 g/mol. The number of nitrogens with two attached hydrogens (primary N) is 2. The third-order valence-electron chi connectivity index (χ3n) is 7.11. The molecule has 176 valence electrons. The standard InChI is InChI=1S/C23H22ClFN6O3/c24-22-29-18(26)13-4-6-31(20(13)30-22)21-16(32)23(33)5-3-12(17(23)34-21)7-10-1-2-11-9-14(25)19(27)28-15(11)8-10/h1-2,4,6,8-9,12,16-17,21,32-33H,3,5,7H2,(H2,27,28)(H2,26,29,30)/t12-,16-,17+,21+,23-/m0/s1. The van der Waals surface area contributed by atoms with E-state index in [1.807, 2.05) is 12.1 Å². The molecular formula is C23H22ClFN6O3. The number of aliphatic hydroxyl groups is 2. The minimum atomic E-state index is -1.41. The molecule has 0 amide bonds. The molecule has 4 heterocycles. The normalized spacial score (nSPS) is 28.7. The summed E-state index contributed by atoms with van der Waals surface area (Å²) in [4.78, 5) is 12.3. The van der Waals surface area contributed by atoms with Crippen LogP contribution >= 0.6 is 11.6 Å². The molecule has 0 radical (unpaired) electrons. The fourth-order valence-electron chi connectivity index (χ4n) is 5.43. The zero-order valence-corrected chi connectivity index (χ0v) is 18.7. The fraction of sp³-hybridized carbons (Fsp3) is 0.348. The van der Waals surface area contributed by atoms with Crippen LogP contribution in [0.2, 0.25) is 5.28 Å². The SMILES string of the molecule is Nc1nc2cc(C[C@@H]3CC[C@@]4(O)[C@@H]3O[C@@H](n3ccc5c(N)nc(Cl)nc53)[C@@H]4O)ccc2cc1F. The number of pyridine rings is 1. The van der Waals surface area contributed by atoms with Gasteiger partial charge in [0.15, 0.2) is 17.9 Å². The average molecular weight is 485 g/mol. The second-order valence-corrected chi connectivity index (χ2v) is 9.44. The number of halogens is 2. The number of hydrogen-bond donors (Lipinski definition) is 4. The van der Waals surface area contributed by atoms with E-state index in [1.54, 1.807) is 22.9 Å². The molecule has 6 N–H and O–H groups in total. The Bertz CT molecular complexity index is 1450. The van der Waals surface area contributed by atoms with Gasteiger partial charge >= 0.3 is 0 Å². The van der Waals surface area contributed by atoms with Gasteiger partial charge in [0, 0.05) is 11.6 Å². The van der Waals surface area contributed by atoms with Crippen molar-refractivity contribution < 1.29 is 19.3 Å². The van der Waals surface area contributed by atoms with Crippen LogP contribution in [0.15, 0.2) is 36.5 Å². The van der Waals surface area contributed by atoms with Gasteiger partial charge in [-0.25, -0.2) is 14.4 Å². The molecular weight excluding hydrogens is 463 g/mol. The van der Waals surface area contributed by atoms with E-state index >= 15 is 0 Å². The van der Waals surface area contributed by atoms with Gasteiger partial charge in [-0.05, 0) is 60.5 Å². The van der Waals surface area contributed by atoms with E-state index < -0.39 is 29.9 Å². The highest BCUT2D eigenvalue weighted by Crippen LogP contribution is 2.50. The lowest BCUT2D eigenvalue weighted by molar-refractivity contribution is -0.0675. The molecule has 1 saturated carbocycles. The van der Waals surface area contributed by atoms with Crippen LogP contribution in [0.4, 0.5) is 16.0 Å². The molecule has 3 aromatic heterocycles. The van der Waals surface area contributed by atoms with E-state index in [0.717, 1.165) is 5.56 Å². The zero-order chi connectivity index (χ0) is 23.8. The van der Waals surface area contributed by atoms with Gasteiger partial charge in [0.1, 0.15) is 23.2 Å². The second-order valence-electron chi connectivity index (χ2n) is 9.11. The number of anilines is 2. The molecule has 0 spiro atoms. The number of fused-ring (bicyclic) bond motifs is 3. The van der Waals surface area contributed by atoms with Crippen molar-refractivity contribution in [3.8, 4) is 0 Å². The quantitative estimate of drug-likeness (QED) is 0.324. The van der Waals surface area contributed by atoms with Crippen LogP contribution in [-0.2, 0) is 11.2 Å². The summed E-state index contributed by atoms with van der Waals surface area (Å²) in [5.41, 5.74) is 12.2. The number of nitrogen functional groups attached to an aromatic ring is 2. The van der Waals surface area contributed by atoms with E-state index in [1.165, 1.54) is 6.07 Å². The number of rotatable bonds is 3. The lowest BCUT2D eigenvalue weighted by Gasteiger charge is -2.26. The Morgan fingerprint density at radius 1 is 1.18 bits per heavy atom. The Kier molecular flexibility index (Phi) is 4.72. The Morgan fingerprint density at radius 2 is 2.00 bits per heavy atom. The third kappa shape index (κ3) is 3.13.